The molecule has 0 saturated carbocycles. The Balaban J connectivity index is 2.10. The van der Waals surface area contributed by atoms with Crippen molar-refractivity contribution in [2.75, 3.05) is 26.2 Å². The van der Waals surface area contributed by atoms with Crippen LogP contribution in [0.15, 0.2) is 29.2 Å². The molecule has 0 aliphatic carbocycles. The largest absolute Gasteiger partial charge is 0.319 e. The van der Waals surface area contributed by atoms with Gasteiger partial charge in [-0.05, 0) is 23.6 Å². The lowest BCUT2D eigenvalue weighted by molar-refractivity contribution is -0.918. The maximum absolute atomic E-state index is 12.7. The van der Waals surface area contributed by atoms with Crippen LogP contribution in [0.4, 0.5) is 0 Å². The van der Waals surface area contributed by atoms with Gasteiger partial charge in [0.15, 0.2) is 6.04 Å². The summed E-state index contributed by atoms with van der Waals surface area (Å²) >= 11 is 0. The summed E-state index contributed by atoms with van der Waals surface area (Å²) in [4.78, 5) is 1.51. The van der Waals surface area contributed by atoms with Crippen LogP contribution in [0, 0.1) is 11.3 Å². The van der Waals surface area contributed by atoms with Gasteiger partial charge in [-0.25, -0.2) is 8.42 Å². The van der Waals surface area contributed by atoms with Gasteiger partial charge in [0.2, 0.25) is 10.0 Å². The van der Waals surface area contributed by atoms with Gasteiger partial charge in [-0.3, -0.25) is 0 Å². The molecule has 6 heteroatoms. The van der Waals surface area contributed by atoms with Crippen molar-refractivity contribution in [3.63, 3.8) is 0 Å². The van der Waals surface area contributed by atoms with Gasteiger partial charge in [0.1, 0.15) is 6.07 Å². The molecule has 1 aromatic rings. The molecule has 1 saturated heterocycles. The molecule has 0 radical (unpaired) electrons. The van der Waals surface area contributed by atoms with Crippen molar-refractivity contribution >= 4 is 10.0 Å². The SMILES string of the molecule is CC(C)c1ccc(S(=O)(=O)N2CC[NH+]([C@H](C)C#N)CC2)cc1. The van der Waals surface area contributed by atoms with E-state index in [4.69, 9.17) is 5.26 Å². The number of sulfonamides is 1. The summed E-state index contributed by atoms with van der Waals surface area (Å²) in [5, 5.41) is 8.96. The lowest BCUT2D eigenvalue weighted by Gasteiger charge is -2.32. The minimum atomic E-state index is -3.42. The van der Waals surface area contributed by atoms with Crippen molar-refractivity contribution in [1.29, 1.82) is 5.26 Å². The van der Waals surface area contributed by atoms with Gasteiger partial charge < -0.3 is 4.90 Å². The Morgan fingerprint density at radius 3 is 2.14 bits per heavy atom. The van der Waals surface area contributed by atoms with E-state index in [0.29, 0.717) is 37.0 Å². The first-order valence-electron chi connectivity index (χ1n) is 7.70. The first-order valence-corrected chi connectivity index (χ1v) is 9.14. The quantitative estimate of drug-likeness (QED) is 0.883. The maximum Gasteiger partial charge on any atom is 0.243 e. The van der Waals surface area contributed by atoms with Crippen molar-refractivity contribution in [2.24, 2.45) is 0 Å². The molecule has 1 aliphatic rings. The van der Waals surface area contributed by atoms with Crippen LogP contribution in [0.3, 0.4) is 0 Å². The number of benzene rings is 1. The van der Waals surface area contributed by atoms with E-state index in [9.17, 15) is 8.42 Å². The van der Waals surface area contributed by atoms with Crippen LogP contribution in [-0.4, -0.2) is 44.9 Å². The Labute approximate surface area is 133 Å². The van der Waals surface area contributed by atoms with E-state index in [2.05, 4.69) is 19.9 Å². The Hall–Kier alpha value is -1.42. The van der Waals surface area contributed by atoms with Gasteiger partial charge in [0, 0.05) is 6.92 Å². The molecular formula is C16H24N3O2S+. The molecule has 0 bridgehead atoms. The Bertz CT molecular complexity index is 639. The monoisotopic (exact) mass is 322 g/mol. The van der Waals surface area contributed by atoms with Crippen molar-refractivity contribution < 1.29 is 13.3 Å². The molecule has 0 amide bonds. The van der Waals surface area contributed by atoms with Crippen LogP contribution in [0.25, 0.3) is 0 Å². The molecule has 2 rings (SSSR count). The number of hydrogen-bond acceptors (Lipinski definition) is 3. The van der Waals surface area contributed by atoms with Crippen molar-refractivity contribution in [2.45, 2.75) is 37.6 Å². The summed E-state index contributed by atoms with van der Waals surface area (Å²) in [5.74, 6) is 0.386. The highest BCUT2D eigenvalue weighted by atomic mass is 32.2. The summed E-state index contributed by atoms with van der Waals surface area (Å²) in [7, 11) is -3.42. The number of rotatable bonds is 4. The first kappa shape index (κ1) is 16.9. The van der Waals surface area contributed by atoms with Crippen LogP contribution < -0.4 is 4.90 Å². The second kappa shape index (κ2) is 6.78. The van der Waals surface area contributed by atoms with Gasteiger partial charge in [-0.1, -0.05) is 26.0 Å². The number of nitrogens with zero attached hydrogens (tertiary/aromatic N) is 2. The van der Waals surface area contributed by atoms with Gasteiger partial charge in [-0.15, -0.1) is 0 Å². The zero-order valence-electron chi connectivity index (χ0n) is 13.4. The summed E-state index contributed by atoms with van der Waals surface area (Å²) in [5.41, 5.74) is 1.14. The third-order valence-corrected chi connectivity index (χ3v) is 6.27. The molecule has 0 spiro atoms. The van der Waals surface area contributed by atoms with Crippen LogP contribution in [0.2, 0.25) is 0 Å². The number of quaternary nitrogens is 1. The van der Waals surface area contributed by atoms with E-state index >= 15 is 0 Å². The topological polar surface area (TPSA) is 65.6 Å². The third-order valence-electron chi connectivity index (χ3n) is 4.36. The van der Waals surface area contributed by atoms with E-state index < -0.39 is 10.0 Å². The molecule has 1 N–H and O–H groups in total. The Morgan fingerprint density at radius 2 is 1.68 bits per heavy atom. The molecule has 0 aromatic heterocycles. The Morgan fingerprint density at radius 1 is 1.14 bits per heavy atom. The van der Waals surface area contributed by atoms with Crippen molar-refractivity contribution in [3.05, 3.63) is 29.8 Å². The fourth-order valence-electron chi connectivity index (χ4n) is 2.71. The highest BCUT2D eigenvalue weighted by Gasteiger charge is 2.32. The summed E-state index contributed by atoms with van der Waals surface area (Å²) in [6.07, 6.45) is 0. The smallest absolute Gasteiger partial charge is 0.243 e. The molecule has 1 aliphatic heterocycles. The normalized spacial score (nSPS) is 19.0. The predicted octanol–water partition coefficient (Wildman–Crippen LogP) is 0.611. The van der Waals surface area contributed by atoms with Crippen molar-refractivity contribution in [3.8, 4) is 6.07 Å². The van der Waals surface area contributed by atoms with E-state index in [1.165, 1.54) is 4.31 Å². The summed E-state index contributed by atoms with van der Waals surface area (Å²) in [6, 6.07) is 9.31. The van der Waals surface area contributed by atoms with Crippen LogP contribution in [-0.2, 0) is 10.0 Å². The van der Waals surface area contributed by atoms with Crippen molar-refractivity contribution in [1.82, 2.24) is 4.31 Å². The van der Waals surface area contributed by atoms with Crippen LogP contribution in [0.1, 0.15) is 32.3 Å². The average Bonchev–Trinajstić information content (AvgIpc) is 2.54. The fourth-order valence-corrected chi connectivity index (χ4v) is 4.15. The van der Waals surface area contributed by atoms with Gasteiger partial charge in [-0.2, -0.15) is 9.57 Å². The van der Waals surface area contributed by atoms with E-state index in [0.717, 1.165) is 10.5 Å². The molecule has 1 aromatic carbocycles. The molecule has 120 valence electrons. The minimum absolute atomic E-state index is 0.0878. The van der Waals surface area contributed by atoms with E-state index in [1.807, 2.05) is 19.1 Å². The zero-order valence-corrected chi connectivity index (χ0v) is 14.2. The number of piperazine rings is 1. The number of hydrogen-bond donors (Lipinski definition) is 1. The predicted molar refractivity (Wildman–Crippen MR) is 85.1 cm³/mol. The second-order valence-corrected chi connectivity index (χ2v) is 8.07. The van der Waals surface area contributed by atoms with Crippen LogP contribution in [0.5, 0.6) is 0 Å². The van der Waals surface area contributed by atoms with Gasteiger partial charge in [0.25, 0.3) is 0 Å². The molecule has 1 fully saturated rings. The summed E-state index contributed by atoms with van der Waals surface area (Å²) < 4.78 is 26.9. The van der Waals surface area contributed by atoms with E-state index in [1.54, 1.807) is 12.1 Å². The molecule has 22 heavy (non-hydrogen) atoms. The molecular weight excluding hydrogens is 298 g/mol. The fraction of sp³-hybridized carbons (Fsp3) is 0.562. The Kier molecular flexibility index (Phi) is 5.22. The minimum Gasteiger partial charge on any atom is -0.319 e. The van der Waals surface area contributed by atoms with E-state index in [-0.39, 0.29) is 6.04 Å². The second-order valence-electron chi connectivity index (χ2n) is 6.14. The lowest BCUT2D eigenvalue weighted by atomic mass is 10.0. The number of nitriles is 1. The number of nitrogens with one attached hydrogen (secondary N) is 1. The highest BCUT2D eigenvalue weighted by Crippen LogP contribution is 2.20. The highest BCUT2D eigenvalue weighted by molar-refractivity contribution is 7.89. The molecule has 0 unspecified atom stereocenters. The molecule has 1 atom stereocenters. The average molecular weight is 322 g/mol. The van der Waals surface area contributed by atoms with Crippen LogP contribution >= 0.6 is 0 Å². The first-order chi connectivity index (χ1) is 10.4. The standard InChI is InChI=1S/C16H23N3O2S/c1-13(2)15-4-6-16(7-5-15)22(20,21)19-10-8-18(9-11-19)14(3)12-17/h4-7,13-14H,8-11H2,1-3H3/p+1/t14-/m1/s1. The zero-order chi connectivity index (χ0) is 16.3. The lowest BCUT2D eigenvalue weighted by Crippen LogP contribution is -3.17. The van der Waals surface area contributed by atoms with Gasteiger partial charge >= 0.3 is 0 Å². The maximum atomic E-state index is 12.7. The van der Waals surface area contributed by atoms with Gasteiger partial charge in [0.05, 0.1) is 31.1 Å². The molecule has 5 nitrogen and oxygen atoms in total. The third kappa shape index (κ3) is 3.49. The summed E-state index contributed by atoms with van der Waals surface area (Å²) in [6.45, 7) is 8.34. The molecule has 1 heterocycles.